The molecule has 0 amide bonds. The third kappa shape index (κ3) is 11.0. The molecule has 0 aromatic carbocycles. The van der Waals surface area contributed by atoms with Crippen LogP contribution in [-0.2, 0) is 14.9 Å². The number of carbonyl (C=O) groups excluding carboxylic acids is 1. The van der Waals surface area contributed by atoms with E-state index in [-0.39, 0.29) is 64.4 Å². The number of nitrogens with two attached hydrogens (primary N) is 1. The van der Waals surface area contributed by atoms with E-state index in [0.29, 0.717) is 6.42 Å². The van der Waals surface area contributed by atoms with E-state index in [4.69, 9.17) is 10.3 Å². The fraction of sp³-hybridized carbons (Fsp3) is 0.941. The molecule has 0 aliphatic carbocycles. The number of carbonyl (C=O) groups is 1. The molecule has 0 aromatic heterocycles. The summed E-state index contributed by atoms with van der Waals surface area (Å²) in [5.74, 6) is -0.488. The van der Waals surface area contributed by atoms with Gasteiger partial charge in [0, 0.05) is 13.0 Å². The monoisotopic (exact) mass is 388 g/mol. The Morgan fingerprint density at radius 2 is 1.29 bits per heavy atom. The molecule has 1 unspecified atom stereocenters. The van der Waals surface area contributed by atoms with Crippen LogP contribution in [0.5, 0.6) is 0 Å². The molecule has 0 heterocycles. The first-order valence-electron chi connectivity index (χ1n) is 9.00. The summed E-state index contributed by atoms with van der Waals surface area (Å²) in [6.45, 7) is 3.03. The fourth-order valence-corrected chi connectivity index (χ4v) is 3.18. The van der Waals surface area contributed by atoms with Crippen molar-refractivity contribution in [3.8, 4) is 0 Å². The van der Waals surface area contributed by atoms with E-state index in [1.165, 1.54) is 51.9 Å². The van der Waals surface area contributed by atoms with Crippen molar-refractivity contribution in [2.24, 2.45) is 5.73 Å². The van der Waals surface area contributed by atoms with Crippen molar-refractivity contribution in [1.82, 2.24) is 0 Å². The molecule has 0 spiro atoms. The fourth-order valence-electron chi connectivity index (χ4n) is 2.58. The van der Waals surface area contributed by atoms with Gasteiger partial charge in [0.05, 0.1) is 0 Å². The van der Waals surface area contributed by atoms with Crippen LogP contribution in [0.25, 0.3) is 0 Å². The molecule has 138 valence electrons. The van der Waals surface area contributed by atoms with Crippen LogP contribution in [0, 0.1) is 0 Å². The van der Waals surface area contributed by atoms with E-state index >= 15 is 0 Å². The van der Waals surface area contributed by atoms with Crippen LogP contribution in [0.3, 0.4) is 0 Å². The summed E-state index contributed by atoms with van der Waals surface area (Å²) in [5, 5.41) is 0. The Kier molecular flexibility index (Phi) is 17.4. The Morgan fingerprint density at radius 1 is 0.917 bits per heavy atom. The van der Waals surface area contributed by atoms with Gasteiger partial charge >= 0.3 is 51.4 Å². The molecule has 0 radical (unpaired) electrons. The van der Waals surface area contributed by atoms with E-state index in [9.17, 15) is 13.2 Å². The second-order valence-electron chi connectivity index (χ2n) is 6.62. The van der Waals surface area contributed by atoms with Crippen molar-refractivity contribution in [2.45, 2.75) is 95.6 Å². The molecule has 0 aromatic rings. The molecular weight excluding hydrogens is 353 g/mol. The van der Waals surface area contributed by atoms with Gasteiger partial charge < -0.3 is 5.73 Å². The quantitative estimate of drug-likeness (QED) is 0.246. The molecule has 3 N–H and O–H groups in total. The Balaban J connectivity index is 0. The zero-order chi connectivity index (χ0) is 17.8. The van der Waals surface area contributed by atoms with E-state index in [1.807, 2.05) is 0 Å². The number of unbranched alkanes of at least 4 members (excludes halogenated alkanes) is 10. The Hall–Kier alpha value is 1.18. The average Bonchev–Trinajstić information content (AvgIpc) is 2.50. The van der Waals surface area contributed by atoms with Gasteiger partial charge in [-0.05, 0) is 13.3 Å². The zero-order valence-corrected chi connectivity index (χ0v) is 19.8. The van der Waals surface area contributed by atoms with E-state index in [2.05, 4.69) is 6.92 Å². The van der Waals surface area contributed by atoms with E-state index in [1.54, 1.807) is 0 Å². The second-order valence-corrected chi connectivity index (χ2v) is 8.47. The molecule has 0 bridgehead atoms. The predicted octanol–water partition coefficient (Wildman–Crippen LogP) is 0.866. The van der Waals surface area contributed by atoms with Gasteiger partial charge in [0.2, 0.25) is 0 Å². The molecule has 0 saturated carbocycles. The van der Waals surface area contributed by atoms with Crippen LogP contribution in [0.4, 0.5) is 0 Å². The molecule has 0 aliphatic heterocycles. The summed E-state index contributed by atoms with van der Waals surface area (Å²) in [4.78, 5) is 12.0. The first-order valence-corrected chi connectivity index (χ1v) is 10.4. The minimum Gasteiger partial charge on any atom is -0.328 e. The molecule has 1 atom stereocenters. The van der Waals surface area contributed by atoms with Crippen LogP contribution in [0.15, 0.2) is 0 Å². The minimum absolute atomic E-state index is 0. The average molecular weight is 389 g/mol. The van der Waals surface area contributed by atoms with Crippen LogP contribution in [-0.4, -0.2) is 30.0 Å². The Labute approximate surface area is 191 Å². The SMILES string of the molecule is CCCCCCCCCCCCCC(=O)C(C)(CN)S(=O)(=O)O.[K+]. The summed E-state index contributed by atoms with van der Waals surface area (Å²) in [6.07, 6.45) is 13.0. The standard InChI is InChI=1S/C17H35NO4S.K/c1-3-4-5-6-7-8-9-10-11-12-13-14-16(19)17(2,15-18)23(20,21)22;/h3-15,18H2,1-2H3,(H,20,21,22);/q;+1. The van der Waals surface area contributed by atoms with Gasteiger partial charge in [-0.1, -0.05) is 71.1 Å². The van der Waals surface area contributed by atoms with Crippen molar-refractivity contribution in [3.05, 3.63) is 0 Å². The van der Waals surface area contributed by atoms with Gasteiger partial charge in [0.15, 0.2) is 10.5 Å². The number of ketones is 1. The molecule has 7 heteroatoms. The summed E-state index contributed by atoms with van der Waals surface area (Å²) in [6, 6.07) is 0. The number of Topliss-reactive ketones (excluding diaryl/α,β-unsaturated/α-hetero) is 1. The summed E-state index contributed by atoms with van der Waals surface area (Å²) >= 11 is 0. The van der Waals surface area contributed by atoms with Crippen LogP contribution >= 0.6 is 0 Å². The Morgan fingerprint density at radius 3 is 1.62 bits per heavy atom. The molecule has 0 aliphatic rings. The van der Waals surface area contributed by atoms with E-state index < -0.39 is 20.6 Å². The van der Waals surface area contributed by atoms with Crippen LogP contribution in [0.1, 0.15) is 90.9 Å². The van der Waals surface area contributed by atoms with Crippen molar-refractivity contribution >= 4 is 15.9 Å². The second kappa shape index (κ2) is 15.3. The van der Waals surface area contributed by atoms with Crippen molar-refractivity contribution in [2.75, 3.05) is 6.54 Å². The van der Waals surface area contributed by atoms with Gasteiger partial charge in [0.25, 0.3) is 10.1 Å². The number of hydrogen-bond acceptors (Lipinski definition) is 4. The van der Waals surface area contributed by atoms with Gasteiger partial charge in [-0.25, -0.2) is 0 Å². The van der Waals surface area contributed by atoms with Gasteiger partial charge in [0.1, 0.15) is 0 Å². The zero-order valence-electron chi connectivity index (χ0n) is 15.8. The van der Waals surface area contributed by atoms with E-state index in [0.717, 1.165) is 19.3 Å². The van der Waals surface area contributed by atoms with Gasteiger partial charge in [-0.2, -0.15) is 8.42 Å². The summed E-state index contributed by atoms with van der Waals surface area (Å²) < 4.78 is 29.9. The number of rotatable bonds is 15. The molecular formula is C17H35KNO4S+. The Bertz CT molecular complexity index is 428. The summed E-state index contributed by atoms with van der Waals surface area (Å²) in [7, 11) is -4.45. The maximum Gasteiger partial charge on any atom is 1.00 e. The first kappa shape index (κ1) is 27.4. The topological polar surface area (TPSA) is 97.5 Å². The molecule has 5 nitrogen and oxygen atoms in total. The molecule has 0 rings (SSSR count). The maximum atomic E-state index is 12.0. The largest absolute Gasteiger partial charge is 1.00 e. The third-order valence-corrected chi connectivity index (χ3v) is 6.09. The maximum absolute atomic E-state index is 12.0. The van der Waals surface area contributed by atoms with Gasteiger partial charge in [-0.3, -0.25) is 9.35 Å². The predicted molar refractivity (Wildman–Crippen MR) is 95.1 cm³/mol. The molecule has 0 fully saturated rings. The van der Waals surface area contributed by atoms with Crippen LogP contribution < -0.4 is 57.1 Å². The normalized spacial score (nSPS) is 14.0. The number of hydrogen-bond donors (Lipinski definition) is 2. The first-order chi connectivity index (χ1) is 10.8. The minimum atomic E-state index is -4.45. The third-order valence-electron chi connectivity index (χ3n) is 4.56. The van der Waals surface area contributed by atoms with Crippen molar-refractivity contribution in [3.63, 3.8) is 0 Å². The molecule has 24 heavy (non-hydrogen) atoms. The summed E-state index contributed by atoms with van der Waals surface area (Å²) in [5.41, 5.74) is 5.36. The van der Waals surface area contributed by atoms with Gasteiger partial charge in [-0.15, -0.1) is 0 Å². The smallest absolute Gasteiger partial charge is 0.328 e. The van der Waals surface area contributed by atoms with Crippen LogP contribution in [0.2, 0.25) is 0 Å². The molecule has 0 saturated heterocycles. The van der Waals surface area contributed by atoms with Crippen molar-refractivity contribution in [1.29, 1.82) is 0 Å². The van der Waals surface area contributed by atoms with Crippen molar-refractivity contribution < 1.29 is 69.1 Å².